The smallest absolute Gasteiger partial charge is 0.0462 e. The van der Waals surface area contributed by atoms with Crippen LogP contribution in [0.5, 0.6) is 0 Å². The lowest BCUT2D eigenvalue weighted by molar-refractivity contribution is 1.28. The van der Waals surface area contributed by atoms with E-state index in [2.05, 4.69) is 229 Å². The van der Waals surface area contributed by atoms with E-state index in [1.54, 1.807) is 0 Å². The highest BCUT2D eigenvalue weighted by Crippen LogP contribution is 2.41. The van der Waals surface area contributed by atoms with Crippen molar-refractivity contribution >= 4 is 27.8 Å². The van der Waals surface area contributed by atoms with Gasteiger partial charge in [-0.05, 0) is 103 Å². The second-order valence-corrected chi connectivity index (χ2v) is 13.4. The highest BCUT2D eigenvalue weighted by molar-refractivity contribution is 6.04. The molecule has 0 radical (unpaired) electrons. The van der Waals surface area contributed by atoms with Gasteiger partial charge in [-0.1, -0.05) is 188 Å². The summed E-state index contributed by atoms with van der Waals surface area (Å²) >= 11 is 0. The maximum absolute atomic E-state index is 2.34. The molecule has 0 aliphatic heterocycles. The van der Waals surface area contributed by atoms with Crippen LogP contribution in [-0.2, 0) is 0 Å². The van der Waals surface area contributed by atoms with Crippen molar-refractivity contribution in [3.63, 3.8) is 0 Å². The van der Waals surface area contributed by atoms with Gasteiger partial charge in [-0.25, -0.2) is 0 Å². The van der Waals surface area contributed by atoms with Gasteiger partial charge in [-0.3, -0.25) is 0 Å². The topological polar surface area (TPSA) is 3.24 Å². The Balaban J connectivity index is 1.11. The fourth-order valence-corrected chi connectivity index (χ4v) is 7.39. The van der Waals surface area contributed by atoms with Crippen LogP contribution in [0.2, 0.25) is 0 Å². The van der Waals surface area contributed by atoms with Gasteiger partial charge in [0.15, 0.2) is 0 Å². The third kappa shape index (κ3) is 6.53. The Morgan fingerprint density at radius 2 is 0.566 bits per heavy atom. The average Bonchev–Trinajstić information content (AvgIpc) is 3.25. The second kappa shape index (κ2) is 14.3. The molecule has 0 heterocycles. The van der Waals surface area contributed by atoms with Gasteiger partial charge in [-0.15, -0.1) is 0 Å². The molecule has 0 saturated heterocycles. The van der Waals surface area contributed by atoms with Crippen molar-refractivity contribution in [3.05, 3.63) is 224 Å². The van der Waals surface area contributed by atoms with Crippen LogP contribution < -0.4 is 4.90 Å². The first-order valence-corrected chi connectivity index (χ1v) is 18.2. The Hall–Kier alpha value is -6.96. The first-order chi connectivity index (χ1) is 26.3. The highest BCUT2D eigenvalue weighted by atomic mass is 15.1. The summed E-state index contributed by atoms with van der Waals surface area (Å²) in [7, 11) is 0. The van der Waals surface area contributed by atoms with Gasteiger partial charge in [0.1, 0.15) is 0 Å². The van der Waals surface area contributed by atoms with Crippen LogP contribution in [0.15, 0.2) is 224 Å². The number of anilines is 3. The molecule has 0 atom stereocenters. The zero-order valence-electron chi connectivity index (χ0n) is 29.3. The zero-order valence-corrected chi connectivity index (χ0v) is 29.3. The van der Waals surface area contributed by atoms with E-state index in [1.165, 1.54) is 66.4 Å². The third-order valence-corrected chi connectivity index (χ3v) is 10.1. The number of rotatable bonds is 8. The molecule has 1 nitrogen and oxygen atoms in total. The zero-order chi connectivity index (χ0) is 35.4. The van der Waals surface area contributed by atoms with Crippen molar-refractivity contribution in [2.75, 3.05) is 4.90 Å². The van der Waals surface area contributed by atoms with E-state index >= 15 is 0 Å². The Morgan fingerprint density at radius 3 is 1.02 bits per heavy atom. The van der Waals surface area contributed by atoms with E-state index < -0.39 is 0 Å². The van der Waals surface area contributed by atoms with Gasteiger partial charge < -0.3 is 4.90 Å². The van der Waals surface area contributed by atoms with E-state index in [0.717, 1.165) is 17.1 Å². The van der Waals surface area contributed by atoms with Crippen LogP contribution in [0.25, 0.3) is 66.4 Å². The average molecular weight is 676 g/mol. The standard InChI is InChI=1S/C52H37N/c1-4-12-38(13-5-1)41-20-22-46(23-21-41)52-50-19-11-10-18-44(50)30-37-51(52)45-28-35-49(36-29-45)53(47-31-24-42(25-32-47)39-14-6-2-7-15-39)48-33-26-43(27-34-48)40-16-8-3-9-17-40/h1-37H. The monoisotopic (exact) mass is 675 g/mol. The van der Waals surface area contributed by atoms with Crippen LogP contribution in [-0.4, -0.2) is 0 Å². The molecule has 9 aromatic carbocycles. The Kier molecular flexibility index (Phi) is 8.66. The third-order valence-electron chi connectivity index (χ3n) is 10.1. The molecule has 0 aliphatic rings. The molecule has 0 aromatic heterocycles. The normalized spacial score (nSPS) is 11.0. The van der Waals surface area contributed by atoms with Crippen molar-refractivity contribution in [3.8, 4) is 55.6 Å². The number of nitrogens with zero attached hydrogens (tertiary/aromatic N) is 1. The van der Waals surface area contributed by atoms with Crippen molar-refractivity contribution in [2.45, 2.75) is 0 Å². The molecule has 0 saturated carbocycles. The molecule has 0 N–H and O–H groups in total. The number of hydrogen-bond donors (Lipinski definition) is 0. The lowest BCUT2D eigenvalue weighted by Crippen LogP contribution is -2.09. The largest absolute Gasteiger partial charge is 0.311 e. The molecule has 0 unspecified atom stereocenters. The highest BCUT2D eigenvalue weighted by Gasteiger charge is 2.16. The fraction of sp³-hybridized carbons (Fsp3) is 0. The summed E-state index contributed by atoms with van der Waals surface area (Å²) in [6.45, 7) is 0. The minimum absolute atomic E-state index is 1.10. The molecule has 250 valence electrons. The minimum Gasteiger partial charge on any atom is -0.311 e. The van der Waals surface area contributed by atoms with E-state index in [-0.39, 0.29) is 0 Å². The predicted molar refractivity (Wildman–Crippen MR) is 226 cm³/mol. The molecule has 0 spiro atoms. The maximum Gasteiger partial charge on any atom is 0.0462 e. The molecule has 0 amide bonds. The summed E-state index contributed by atoms with van der Waals surface area (Å²) in [6, 6.07) is 80.7. The number of fused-ring (bicyclic) bond motifs is 1. The molecule has 0 fully saturated rings. The number of benzene rings is 9. The van der Waals surface area contributed by atoms with E-state index in [0.29, 0.717) is 0 Å². The summed E-state index contributed by atoms with van der Waals surface area (Å²) in [6.07, 6.45) is 0. The Labute approximate surface area is 311 Å². The molecule has 0 bridgehead atoms. The summed E-state index contributed by atoms with van der Waals surface area (Å²) in [5.74, 6) is 0. The summed E-state index contributed by atoms with van der Waals surface area (Å²) in [5.41, 5.74) is 15.4. The van der Waals surface area contributed by atoms with Crippen LogP contribution in [0.4, 0.5) is 17.1 Å². The Morgan fingerprint density at radius 1 is 0.226 bits per heavy atom. The summed E-state index contributed by atoms with van der Waals surface area (Å²) < 4.78 is 0. The molecule has 9 rings (SSSR count). The van der Waals surface area contributed by atoms with Gasteiger partial charge in [0, 0.05) is 17.1 Å². The molecular formula is C52H37N. The van der Waals surface area contributed by atoms with Gasteiger partial charge in [0.05, 0.1) is 0 Å². The molecule has 53 heavy (non-hydrogen) atoms. The van der Waals surface area contributed by atoms with Gasteiger partial charge in [0.2, 0.25) is 0 Å². The van der Waals surface area contributed by atoms with Gasteiger partial charge >= 0.3 is 0 Å². The maximum atomic E-state index is 2.34. The van der Waals surface area contributed by atoms with Gasteiger partial charge in [-0.2, -0.15) is 0 Å². The first-order valence-electron chi connectivity index (χ1n) is 18.2. The van der Waals surface area contributed by atoms with Crippen LogP contribution >= 0.6 is 0 Å². The molecule has 9 aromatic rings. The van der Waals surface area contributed by atoms with E-state index in [4.69, 9.17) is 0 Å². The molecule has 0 aliphatic carbocycles. The quantitative estimate of drug-likeness (QED) is 0.155. The van der Waals surface area contributed by atoms with Crippen LogP contribution in [0.3, 0.4) is 0 Å². The lowest BCUT2D eigenvalue weighted by Gasteiger charge is -2.26. The van der Waals surface area contributed by atoms with Crippen molar-refractivity contribution < 1.29 is 0 Å². The van der Waals surface area contributed by atoms with E-state index in [1.807, 2.05) is 0 Å². The Bertz CT molecular complexity index is 2510. The van der Waals surface area contributed by atoms with Crippen molar-refractivity contribution in [2.24, 2.45) is 0 Å². The van der Waals surface area contributed by atoms with Gasteiger partial charge in [0.25, 0.3) is 0 Å². The van der Waals surface area contributed by atoms with Crippen LogP contribution in [0.1, 0.15) is 0 Å². The molecule has 1 heteroatoms. The predicted octanol–water partition coefficient (Wildman–Crippen LogP) is 14.6. The van der Waals surface area contributed by atoms with Crippen molar-refractivity contribution in [1.29, 1.82) is 0 Å². The first kappa shape index (κ1) is 32.0. The SMILES string of the molecule is c1ccc(-c2ccc(-c3c(-c4ccc(N(c5ccc(-c6ccccc6)cc5)c5ccc(-c6ccccc6)cc5)cc4)ccc4ccccc34)cc2)cc1. The minimum atomic E-state index is 1.10. The van der Waals surface area contributed by atoms with Crippen LogP contribution in [0, 0.1) is 0 Å². The lowest BCUT2D eigenvalue weighted by atomic mass is 9.89. The number of hydrogen-bond acceptors (Lipinski definition) is 1. The second-order valence-electron chi connectivity index (χ2n) is 13.4. The van der Waals surface area contributed by atoms with Crippen molar-refractivity contribution in [1.82, 2.24) is 0 Å². The summed E-state index contributed by atoms with van der Waals surface area (Å²) in [4.78, 5) is 2.34. The van der Waals surface area contributed by atoms with E-state index in [9.17, 15) is 0 Å². The summed E-state index contributed by atoms with van der Waals surface area (Å²) in [5, 5.41) is 2.49. The molecular weight excluding hydrogens is 639 g/mol. The fourth-order valence-electron chi connectivity index (χ4n) is 7.39.